The van der Waals surface area contributed by atoms with Gasteiger partial charge in [0.15, 0.2) is 0 Å². The number of hydrogen-bond donors (Lipinski definition) is 0. The number of nitrogens with zero attached hydrogens (tertiary/aromatic N) is 2. The smallest absolute Gasteiger partial charge is 0.305 e. The zero-order chi connectivity index (χ0) is 18.6. The molecule has 0 aromatic carbocycles. The summed E-state index contributed by atoms with van der Waals surface area (Å²) in [5, 5.41) is 8.31. The fraction of sp³-hybridized carbons (Fsp3) is 0.706. The lowest BCUT2D eigenvalue weighted by Gasteiger charge is -2.13. The lowest BCUT2D eigenvalue weighted by Crippen LogP contribution is -2.11. The van der Waals surface area contributed by atoms with E-state index in [1.807, 2.05) is 0 Å². The van der Waals surface area contributed by atoms with E-state index >= 15 is 0 Å². The highest BCUT2D eigenvalue weighted by Gasteiger charge is 2.10. The van der Waals surface area contributed by atoms with Crippen LogP contribution >= 0.6 is 0 Å². The van der Waals surface area contributed by atoms with E-state index in [9.17, 15) is 9.59 Å². The second-order valence-corrected chi connectivity index (χ2v) is 5.24. The van der Waals surface area contributed by atoms with Crippen molar-refractivity contribution in [3.63, 3.8) is 0 Å². The number of esters is 1. The SMILES string of the molecule is C=CCOOCCOC(=O)CCCCC(CCCOC#N)CN=C=O. The molecule has 25 heavy (non-hydrogen) atoms. The minimum Gasteiger partial charge on any atom is -0.463 e. The molecular weight excluding hydrogens is 328 g/mol. The van der Waals surface area contributed by atoms with E-state index in [0.717, 1.165) is 25.7 Å². The van der Waals surface area contributed by atoms with E-state index in [0.29, 0.717) is 26.0 Å². The van der Waals surface area contributed by atoms with Crippen molar-refractivity contribution < 1.29 is 28.8 Å². The number of isocyanates is 1. The van der Waals surface area contributed by atoms with Crippen molar-refractivity contribution in [3.8, 4) is 6.26 Å². The third-order valence-electron chi connectivity index (χ3n) is 3.28. The van der Waals surface area contributed by atoms with Gasteiger partial charge in [-0.25, -0.2) is 19.6 Å². The predicted octanol–water partition coefficient (Wildman–Crippen LogP) is 2.45. The van der Waals surface area contributed by atoms with Gasteiger partial charge in [0.2, 0.25) is 6.08 Å². The highest BCUT2D eigenvalue weighted by atomic mass is 17.2. The largest absolute Gasteiger partial charge is 0.463 e. The van der Waals surface area contributed by atoms with Crippen LogP contribution in [0.15, 0.2) is 17.6 Å². The summed E-state index contributed by atoms with van der Waals surface area (Å²) in [4.78, 5) is 34.9. The van der Waals surface area contributed by atoms with Crippen molar-refractivity contribution in [2.45, 2.75) is 38.5 Å². The quantitative estimate of drug-likeness (QED) is 0.0577. The Hall–Kier alpha value is -2.20. The zero-order valence-electron chi connectivity index (χ0n) is 14.5. The Morgan fingerprint density at radius 2 is 1.96 bits per heavy atom. The molecule has 0 aromatic rings. The van der Waals surface area contributed by atoms with Gasteiger partial charge in [0.1, 0.15) is 26.4 Å². The van der Waals surface area contributed by atoms with Gasteiger partial charge in [-0.1, -0.05) is 12.5 Å². The minimum atomic E-state index is -0.280. The molecule has 0 aromatic heterocycles. The van der Waals surface area contributed by atoms with Crippen LogP contribution in [0.3, 0.4) is 0 Å². The number of unbranched alkanes of at least 4 members (excludes halogenated alkanes) is 1. The Morgan fingerprint density at radius 1 is 1.16 bits per heavy atom. The van der Waals surface area contributed by atoms with Crippen LogP contribution in [0, 0.1) is 17.4 Å². The minimum absolute atomic E-state index is 0.144. The monoisotopic (exact) mass is 354 g/mol. The fourth-order valence-electron chi connectivity index (χ4n) is 2.10. The maximum atomic E-state index is 11.5. The van der Waals surface area contributed by atoms with Crippen LogP contribution in [0.4, 0.5) is 0 Å². The molecule has 0 spiro atoms. The fourth-order valence-corrected chi connectivity index (χ4v) is 2.10. The molecule has 8 heteroatoms. The van der Waals surface area contributed by atoms with Gasteiger partial charge in [-0.3, -0.25) is 4.79 Å². The third kappa shape index (κ3) is 16.4. The highest BCUT2D eigenvalue weighted by molar-refractivity contribution is 5.69. The van der Waals surface area contributed by atoms with Crippen molar-refractivity contribution in [2.75, 3.05) is 33.0 Å². The van der Waals surface area contributed by atoms with Crippen molar-refractivity contribution in [1.82, 2.24) is 0 Å². The molecule has 0 amide bonds. The van der Waals surface area contributed by atoms with Gasteiger partial charge in [0.05, 0.1) is 6.54 Å². The van der Waals surface area contributed by atoms with Crippen LogP contribution in [0.1, 0.15) is 38.5 Å². The molecule has 0 fully saturated rings. The second kappa shape index (κ2) is 18.1. The van der Waals surface area contributed by atoms with Gasteiger partial charge in [0, 0.05) is 6.42 Å². The van der Waals surface area contributed by atoms with Gasteiger partial charge in [0.25, 0.3) is 6.26 Å². The van der Waals surface area contributed by atoms with Gasteiger partial charge in [-0.15, -0.1) is 6.58 Å². The van der Waals surface area contributed by atoms with Crippen LogP contribution in [-0.2, 0) is 28.8 Å². The molecule has 0 aliphatic carbocycles. The van der Waals surface area contributed by atoms with Crippen molar-refractivity contribution in [2.24, 2.45) is 10.9 Å². The average Bonchev–Trinajstić information content (AvgIpc) is 2.62. The molecule has 0 N–H and O–H groups in total. The summed E-state index contributed by atoms with van der Waals surface area (Å²) in [6.07, 6.45) is 8.93. The highest BCUT2D eigenvalue weighted by Crippen LogP contribution is 2.16. The number of hydrogen-bond acceptors (Lipinski definition) is 8. The van der Waals surface area contributed by atoms with E-state index in [-0.39, 0.29) is 31.7 Å². The summed E-state index contributed by atoms with van der Waals surface area (Å²) in [5.41, 5.74) is 0. The van der Waals surface area contributed by atoms with Crippen LogP contribution < -0.4 is 0 Å². The van der Waals surface area contributed by atoms with Crippen molar-refractivity contribution in [3.05, 3.63) is 12.7 Å². The van der Waals surface area contributed by atoms with Crippen LogP contribution in [0.2, 0.25) is 0 Å². The topological polar surface area (TPSA) is 107 Å². The molecule has 0 saturated heterocycles. The molecule has 0 radical (unpaired) electrons. The zero-order valence-corrected chi connectivity index (χ0v) is 14.5. The van der Waals surface area contributed by atoms with Gasteiger partial charge >= 0.3 is 5.97 Å². The molecule has 140 valence electrons. The molecule has 1 unspecified atom stereocenters. The van der Waals surface area contributed by atoms with Crippen molar-refractivity contribution in [1.29, 1.82) is 5.26 Å². The first-order chi connectivity index (χ1) is 12.2. The maximum absolute atomic E-state index is 11.5. The third-order valence-corrected chi connectivity index (χ3v) is 3.28. The summed E-state index contributed by atoms with van der Waals surface area (Å²) in [6, 6.07) is 0. The number of carbonyl (C=O) groups excluding carboxylic acids is 2. The Labute approximate surface area is 148 Å². The van der Waals surface area contributed by atoms with Crippen LogP contribution in [-0.4, -0.2) is 45.0 Å². The number of aliphatic imine (C=N–C) groups is 1. The molecular formula is C17H26N2O6. The van der Waals surface area contributed by atoms with E-state index in [2.05, 4.69) is 16.3 Å². The van der Waals surface area contributed by atoms with Crippen LogP contribution in [0.5, 0.6) is 0 Å². The Bertz CT molecular complexity index is 443. The first kappa shape index (κ1) is 22.8. The normalized spacial score (nSPS) is 11.0. The first-order valence-electron chi connectivity index (χ1n) is 8.30. The van der Waals surface area contributed by atoms with Gasteiger partial charge in [-0.05, 0) is 31.6 Å². The van der Waals surface area contributed by atoms with Gasteiger partial charge in [-0.2, -0.15) is 5.26 Å². The van der Waals surface area contributed by atoms with E-state index in [1.165, 1.54) is 6.08 Å². The number of ether oxygens (including phenoxy) is 2. The summed E-state index contributed by atoms with van der Waals surface area (Å²) < 4.78 is 9.63. The molecule has 0 bridgehead atoms. The average molecular weight is 354 g/mol. The predicted molar refractivity (Wildman–Crippen MR) is 88.8 cm³/mol. The summed E-state index contributed by atoms with van der Waals surface area (Å²) in [6.45, 7) is 4.84. The Kier molecular flexibility index (Phi) is 16.5. The number of nitriles is 1. The molecule has 8 nitrogen and oxygen atoms in total. The molecule has 0 saturated carbocycles. The first-order valence-corrected chi connectivity index (χ1v) is 8.30. The van der Waals surface area contributed by atoms with Crippen molar-refractivity contribution >= 4 is 12.0 Å². The van der Waals surface area contributed by atoms with Crippen LogP contribution in [0.25, 0.3) is 0 Å². The summed E-state index contributed by atoms with van der Waals surface area (Å²) >= 11 is 0. The molecule has 1 atom stereocenters. The summed E-state index contributed by atoms with van der Waals surface area (Å²) in [7, 11) is 0. The van der Waals surface area contributed by atoms with Gasteiger partial charge < -0.3 is 9.47 Å². The lowest BCUT2D eigenvalue weighted by atomic mass is 9.96. The number of carbonyl (C=O) groups is 1. The molecule has 0 aliphatic rings. The van der Waals surface area contributed by atoms with E-state index < -0.39 is 0 Å². The standard InChI is InChI=1S/C17H26N2O6/c1-2-9-24-25-12-11-23-17(21)8-4-3-6-16(13-19-15-20)7-5-10-22-14-18/h2,16H,1,3-13H2. The molecule has 0 aliphatic heterocycles. The van der Waals surface area contributed by atoms with E-state index in [4.69, 9.17) is 19.8 Å². The summed E-state index contributed by atoms with van der Waals surface area (Å²) in [5.74, 6) is -0.0626. The molecule has 0 heterocycles. The molecule has 0 rings (SSSR count). The lowest BCUT2D eigenvalue weighted by molar-refractivity contribution is -0.290. The Balaban J connectivity index is 3.73. The number of rotatable bonds is 17. The van der Waals surface area contributed by atoms with E-state index in [1.54, 1.807) is 12.3 Å². The maximum Gasteiger partial charge on any atom is 0.305 e. The second-order valence-electron chi connectivity index (χ2n) is 5.24. The Morgan fingerprint density at radius 3 is 2.68 bits per heavy atom.